The highest BCUT2D eigenvalue weighted by molar-refractivity contribution is 7.14. The quantitative estimate of drug-likeness (QED) is 0.238. The van der Waals surface area contributed by atoms with Gasteiger partial charge in [-0.1, -0.05) is 0 Å². The number of benzene rings is 1. The molecule has 1 aromatic heterocycles. The Morgan fingerprint density at radius 1 is 0.974 bits per heavy atom. The van der Waals surface area contributed by atoms with Crippen molar-refractivity contribution >= 4 is 40.2 Å². The van der Waals surface area contributed by atoms with Gasteiger partial charge in [-0.25, -0.2) is 14.6 Å². The summed E-state index contributed by atoms with van der Waals surface area (Å²) in [7, 11) is 2.78. The van der Waals surface area contributed by atoms with Gasteiger partial charge in [0.15, 0.2) is 16.6 Å². The van der Waals surface area contributed by atoms with Crippen molar-refractivity contribution in [3.63, 3.8) is 0 Å². The molecule has 0 fully saturated rings. The number of phenolic OH excluding ortho intramolecular Hbond substituents is 1. The van der Waals surface area contributed by atoms with Crippen molar-refractivity contribution < 1.29 is 44.0 Å². The van der Waals surface area contributed by atoms with Crippen molar-refractivity contribution in [2.24, 2.45) is 0 Å². The first-order valence-corrected chi connectivity index (χ1v) is 12.6. The molecule has 0 aliphatic carbocycles. The molecule has 214 valence electrons. The second kappa shape index (κ2) is 15.9. The number of hydrogen-bond donors (Lipinski definition) is 5. The van der Waals surface area contributed by atoms with Gasteiger partial charge in [-0.3, -0.25) is 19.8 Å². The molecular formula is C25H34N4O9S. The van der Waals surface area contributed by atoms with E-state index < -0.39 is 17.8 Å². The maximum atomic E-state index is 12.7. The zero-order chi connectivity index (χ0) is 29.7. The summed E-state index contributed by atoms with van der Waals surface area (Å²) >= 11 is 1.14. The van der Waals surface area contributed by atoms with Crippen LogP contribution < -0.4 is 20.1 Å². The summed E-state index contributed by atoms with van der Waals surface area (Å²) in [5.74, 6) is -3.13. The molecule has 0 spiro atoms. The zero-order valence-electron chi connectivity index (χ0n) is 22.5. The molecule has 2 rings (SSSR count). The lowest BCUT2D eigenvalue weighted by Crippen LogP contribution is -2.42. The van der Waals surface area contributed by atoms with Crippen LogP contribution in [0.2, 0.25) is 0 Å². The van der Waals surface area contributed by atoms with Gasteiger partial charge in [0, 0.05) is 54.8 Å². The predicted octanol–water partition coefficient (Wildman–Crippen LogP) is 2.68. The van der Waals surface area contributed by atoms with E-state index in [1.807, 2.05) is 0 Å². The van der Waals surface area contributed by atoms with Crippen LogP contribution in [0.15, 0.2) is 29.7 Å². The molecule has 5 N–H and O–H groups in total. The van der Waals surface area contributed by atoms with Crippen LogP contribution in [-0.2, 0) is 9.59 Å². The third-order valence-corrected chi connectivity index (χ3v) is 5.81. The summed E-state index contributed by atoms with van der Waals surface area (Å²) < 4.78 is 10.2. The summed E-state index contributed by atoms with van der Waals surface area (Å²) in [5.41, 5.74) is 0.400. The highest BCUT2D eigenvalue weighted by Gasteiger charge is 2.19. The van der Waals surface area contributed by atoms with Crippen LogP contribution >= 0.6 is 11.3 Å². The molecule has 13 nitrogen and oxygen atoms in total. The number of aromatic hydroxyl groups is 1. The number of hydrogen-bond acceptors (Lipinski definition) is 10. The van der Waals surface area contributed by atoms with E-state index in [0.29, 0.717) is 30.8 Å². The van der Waals surface area contributed by atoms with Crippen LogP contribution in [0.25, 0.3) is 0 Å². The number of rotatable bonds is 12. The van der Waals surface area contributed by atoms with Crippen LogP contribution in [-0.4, -0.2) is 88.3 Å². The zero-order valence-corrected chi connectivity index (χ0v) is 23.4. The Bertz CT molecular complexity index is 1150. The number of carbonyl (C=O) groups excluding carboxylic acids is 2. The average Bonchev–Trinajstić information content (AvgIpc) is 3.33. The van der Waals surface area contributed by atoms with E-state index in [9.17, 15) is 24.3 Å². The number of nitrogens with zero attached hydrogens (tertiary/aromatic N) is 2. The monoisotopic (exact) mass is 566 g/mol. The molecule has 0 aliphatic rings. The van der Waals surface area contributed by atoms with E-state index in [1.54, 1.807) is 5.38 Å². The summed E-state index contributed by atoms with van der Waals surface area (Å²) in [5, 5.41) is 32.8. The SMILES string of the molecule is COc1cc(C(=O)Nc2nc(C(=O)NCCN(C(C)C)C(C)C)cs2)c(OC)cc1O.O=C(O)/C=C\C(=O)O. The maximum absolute atomic E-state index is 12.7. The Balaban J connectivity index is 0.000000824. The molecule has 0 radical (unpaired) electrons. The number of aliphatic carboxylic acids is 2. The Kier molecular flexibility index (Phi) is 13.4. The summed E-state index contributed by atoms with van der Waals surface area (Å²) in [6.07, 6.45) is 1.12. The Labute approximate surface area is 230 Å². The lowest BCUT2D eigenvalue weighted by Gasteiger charge is -2.30. The predicted molar refractivity (Wildman–Crippen MR) is 145 cm³/mol. The summed E-state index contributed by atoms with van der Waals surface area (Å²) in [6.45, 7) is 9.72. The fraction of sp³-hybridized carbons (Fsp3) is 0.400. The Morgan fingerprint density at radius 2 is 1.54 bits per heavy atom. The average molecular weight is 567 g/mol. The molecule has 0 saturated carbocycles. The van der Waals surface area contributed by atoms with Gasteiger partial charge in [-0.15, -0.1) is 11.3 Å². The van der Waals surface area contributed by atoms with Gasteiger partial charge in [0.1, 0.15) is 11.4 Å². The second-order valence-corrected chi connectivity index (χ2v) is 9.27. The number of carboxylic acid groups (broad SMARTS) is 2. The second-order valence-electron chi connectivity index (χ2n) is 8.41. The number of aromatic nitrogens is 1. The van der Waals surface area contributed by atoms with Crippen molar-refractivity contribution in [1.29, 1.82) is 0 Å². The van der Waals surface area contributed by atoms with Gasteiger partial charge in [-0.05, 0) is 27.7 Å². The van der Waals surface area contributed by atoms with E-state index in [2.05, 4.69) is 48.2 Å². The first kappa shape index (κ1) is 32.9. The van der Waals surface area contributed by atoms with Crippen molar-refractivity contribution in [3.8, 4) is 17.2 Å². The van der Waals surface area contributed by atoms with Crippen molar-refractivity contribution in [2.45, 2.75) is 39.8 Å². The minimum Gasteiger partial charge on any atom is -0.504 e. The molecule has 0 saturated heterocycles. The molecule has 14 heteroatoms. The van der Waals surface area contributed by atoms with Crippen LogP contribution in [0, 0.1) is 0 Å². The Hall–Kier alpha value is -4.17. The number of ether oxygens (including phenoxy) is 2. The van der Waals surface area contributed by atoms with Gasteiger partial charge in [0.05, 0.1) is 19.8 Å². The topological polar surface area (TPSA) is 188 Å². The lowest BCUT2D eigenvalue weighted by molar-refractivity contribution is -0.134. The van der Waals surface area contributed by atoms with Gasteiger partial charge in [0.2, 0.25) is 0 Å². The molecule has 0 atom stereocenters. The van der Waals surface area contributed by atoms with E-state index in [1.165, 1.54) is 26.4 Å². The van der Waals surface area contributed by atoms with Gasteiger partial charge >= 0.3 is 11.9 Å². The highest BCUT2D eigenvalue weighted by Crippen LogP contribution is 2.34. The summed E-state index contributed by atoms with van der Waals surface area (Å²) in [6, 6.07) is 3.44. The van der Waals surface area contributed by atoms with E-state index >= 15 is 0 Å². The molecule has 2 aromatic rings. The first-order chi connectivity index (χ1) is 18.3. The molecule has 2 amide bonds. The van der Waals surface area contributed by atoms with Gasteiger partial charge < -0.3 is 30.1 Å². The van der Waals surface area contributed by atoms with Crippen molar-refractivity contribution in [1.82, 2.24) is 15.2 Å². The number of methoxy groups -OCH3 is 2. The number of nitrogens with one attached hydrogen (secondary N) is 2. The summed E-state index contributed by atoms with van der Waals surface area (Å²) in [4.78, 5) is 50.6. The number of carbonyl (C=O) groups is 4. The highest BCUT2D eigenvalue weighted by atomic mass is 32.1. The third-order valence-electron chi connectivity index (χ3n) is 5.05. The maximum Gasteiger partial charge on any atom is 0.328 e. The third kappa shape index (κ3) is 11.0. The Morgan fingerprint density at radius 3 is 2.03 bits per heavy atom. The molecule has 39 heavy (non-hydrogen) atoms. The lowest BCUT2D eigenvalue weighted by atomic mass is 10.1. The van der Waals surface area contributed by atoms with Crippen LogP contribution in [0.4, 0.5) is 5.13 Å². The fourth-order valence-electron chi connectivity index (χ4n) is 3.30. The number of phenols is 1. The van der Waals surface area contributed by atoms with Gasteiger partial charge in [0.25, 0.3) is 11.8 Å². The van der Waals surface area contributed by atoms with Crippen LogP contribution in [0.5, 0.6) is 17.2 Å². The number of amides is 2. The standard InChI is InChI=1S/C21H30N4O5S.C4H4O4/c1-12(2)25(13(3)4)8-7-22-20(28)15-11-31-21(23-15)24-19(27)14-9-18(30-6)16(26)10-17(14)29-5;5-3(6)1-2-4(7)8/h9-13,26H,7-8H2,1-6H3,(H,22,28)(H,23,24,27);1-2H,(H,5,6)(H,7,8)/b;2-1-. The molecule has 0 bridgehead atoms. The normalized spacial score (nSPS) is 10.8. The molecule has 0 aliphatic heterocycles. The molecular weight excluding hydrogens is 532 g/mol. The number of carboxylic acids is 2. The number of anilines is 1. The van der Waals surface area contributed by atoms with E-state index in [4.69, 9.17) is 19.7 Å². The minimum absolute atomic E-state index is 0.141. The largest absolute Gasteiger partial charge is 0.504 e. The van der Waals surface area contributed by atoms with Gasteiger partial charge in [-0.2, -0.15) is 0 Å². The molecule has 1 aromatic carbocycles. The fourth-order valence-corrected chi connectivity index (χ4v) is 3.99. The van der Waals surface area contributed by atoms with Crippen LogP contribution in [0.3, 0.4) is 0 Å². The number of thiazole rings is 1. The van der Waals surface area contributed by atoms with Crippen LogP contribution in [0.1, 0.15) is 48.5 Å². The molecule has 0 unspecified atom stereocenters. The smallest absolute Gasteiger partial charge is 0.328 e. The minimum atomic E-state index is -1.26. The van der Waals surface area contributed by atoms with E-state index in [-0.39, 0.29) is 39.5 Å². The van der Waals surface area contributed by atoms with Crippen molar-refractivity contribution in [2.75, 3.05) is 32.6 Å². The first-order valence-electron chi connectivity index (χ1n) is 11.7. The van der Waals surface area contributed by atoms with Crippen molar-refractivity contribution in [3.05, 3.63) is 40.9 Å². The van der Waals surface area contributed by atoms with E-state index in [0.717, 1.165) is 17.9 Å². The molecule has 1 heterocycles.